The SMILES string of the molecule is CC(OCC1CC1)C(=O)c1ccccc1. The number of ketones is 1. The van der Waals surface area contributed by atoms with Crippen molar-refractivity contribution in [1.82, 2.24) is 0 Å². The van der Waals surface area contributed by atoms with Crippen molar-refractivity contribution >= 4 is 5.78 Å². The maximum atomic E-state index is 11.9. The van der Waals surface area contributed by atoms with Gasteiger partial charge in [0.05, 0.1) is 6.61 Å². The van der Waals surface area contributed by atoms with Crippen LogP contribution in [0.2, 0.25) is 0 Å². The number of carbonyl (C=O) groups excluding carboxylic acids is 1. The number of rotatable bonds is 5. The second-order valence-corrected chi connectivity index (χ2v) is 4.15. The predicted octanol–water partition coefficient (Wildman–Crippen LogP) is 2.68. The second-order valence-electron chi connectivity index (χ2n) is 4.15. The molecule has 0 aliphatic heterocycles. The van der Waals surface area contributed by atoms with Crippen molar-refractivity contribution in [3.8, 4) is 0 Å². The smallest absolute Gasteiger partial charge is 0.191 e. The van der Waals surface area contributed by atoms with Gasteiger partial charge in [-0.1, -0.05) is 30.3 Å². The highest BCUT2D eigenvalue weighted by Gasteiger charge is 2.24. The lowest BCUT2D eigenvalue weighted by molar-refractivity contribution is 0.0441. The van der Waals surface area contributed by atoms with Gasteiger partial charge in [0.15, 0.2) is 5.78 Å². The highest BCUT2D eigenvalue weighted by molar-refractivity contribution is 5.99. The molecule has 0 saturated heterocycles. The van der Waals surface area contributed by atoms with Gasteiger partial charge in [0.2, 0.25) is 0 Å². The zero-order chi connectivity index (χ0) is 10.7. The highest BCUT2D eigenvalue weighted by atomic mass is 16.5. The van der Waals surface area contributed by atoms with E-state index >= 15 is 0 Å². The van der Waals surface area contributed by atoms with E-state index < -0.39 is 0 Å². The van der Waals surface area contributed by atoms with Crippen LogP contribution >= 0.6 is 0 Å². The Balaban J connectivity index is 1.88. The van der Waals surface area contributed by atoms with E-state index in [0.29, 0.717) is 5.92 Å². The summed E-state index contributed by atoms with van der Waals surface area (Å²) in [5.41, 5.74) is 0.737. The zero-order valence-corrected chi connectivity index (χ0v) is 8.98. The summed E-state index contributed by atoms with van der Waals surface area (Å²) in [4.78, 5) is 11.9. The molecule has 1 aromatic carbocycles. The quantitative estimate of drug-likeness (QED) is 0.689. The summed E-state index contributed by atoms with van der Waals surface area (Å²) < 4.78 is 5.53. The van der Waals surface area contributed by atoms with Crippen molar-refractivity contribution in [2.75, 3.05) is 6.61 Å². The zero-order valence-electron chi connectivity index (χ0n) is 8.98. The van der Waals surface area contributed by atoms with Crippen LogP contribution in [-0.2, 0) is 4.74 Å². The van der Waals surface area contributed by atoms with E-state index in [1.54, 1.807) is 0 Å². The van der Waals surface area contributed by atoms with Gasteiger partial charge in [-0.25, -0.2) is 0 Å². The number of benzene rings is 1. The predicted molar refractivity (Wildman–Crippen MR) is 58.9 cm³/mol. The first-order chi connectivity index (χ1) is 7.27. The van der Waals surface area contributed by atoms with Crippen LogP contribution in [-0.4, -0.2) is 18.5 Å². The Kier molecular flexibility index (Phi) is 3.17. The largest absolute Gasteiger partial charge is 0.370 e. The Labute approximate surface area is 90.3 Å². The molecule has 0 bridgehead atoms. The van der Waals surface area contributed by atoms with E-state index in [4.69, 9.17) is 4.74 Å². The lowest BCUT2D eigenvalue weighted by atomic mass is 10.1. The molecule has 1 atom stereocenters. The minimum absolute atomic E-state index is 0.0799. The molecule has 0 amide bonds. The second kappa shape index (κ2) is 4.58. The van der Waals surface area contributed by atoms with Gasteiger partial charge in [-0.3, -0.25) is 4.79 Å². The molecule has 15 heavy (non-hydrogen) atoms. The minimum atomic E-state index is -0.312. The molecular formula is C13H16O2. The van der Waals surface area contributed by atoms with Gasteiger partial charge in [-0.15, -0.1) is 0 Å². The monoisotopic (exact) mass is 204 g/mol. The molecule has 0 heterocycles. The number of Topliss-reactive ketones (excluding diaryl/α,β-unsaturated/α-hetero) is 1. The van der Waals surface area contributed by atoms with Gasteiger partial charge < -0.3 is 4.74 Å². The molecule has 0 radical (unpaired) electrons. The third kappa shape index (κ3) is 2.90. The number of hydrogen-bond acceptors (Lipinski definition) is 2. The lowest BCUT2D eigenvalue weighted by Crippen LogP contribution is -2.21. The summed E-state index contributed by atoms with van der Waals surface area (Å²) in [6, 6.07) is 9.33. The van der Waals surface area contributed by atoms with E-state index in [2.05, 4.69) is 0 Å². The Hall–Kier alpha value is -1.15. The third-order valence-electron chi connectivity index (χ3n) is 2.71. The summed E-state index contributed by atoms with van der Waals surface area (Å²) in [6.45, 7) is 2.57. The summed E-state index contributed by atoms with van der Waals surface area (Å²) in [6.07, 6.45) is 2.20. The van der Waals surface area contributed by atoms with E-state index in [-0.39, 0.29) is 11.9 Å². The van der Waals surface area contributed by atoms with Crippen LogP contribution in [0.15, 0.2) is 30.3 Å². The van der Waals surface area contributed by atoms with Crippen LogP contribution < -0.4 is 0 Å². The standard InChI is InChI=1S/C13H16O2/c1-10(15-9-11-7-8-11)13(14)12-5-3-2-4-6-12/h2-6,10-11H,7-9H2,1H3. The van der Waals surface area contributed by atoms with Gasteiger partial charge in [-0.05, 0) is 25.7 Å². The molecule has 1 saturated carbocycles. The van der Waals surface area contributed by atoms with Gasteiger partial charge in [0.1, 0.15) is 6.10 Å². The topological polar surface area (TPSA) is 26.3 Å². The van der Waals surface area contributed by atoms with E-state index in [1.165, 1.54) is 12.8 Å². The highest BCUT2D eigenvalue weighted by Crippen LogP contribution is 2.29. The fraction of sp³-hybridized carbons (Fsp3) is 0.462. The fourth-order valence-corrected chi connectivity index (χ4v) is 1.48. The molecular weight excluding hydrogens is 188 g/mol. The molecule has 1 aliphatic rings. The Bertz CT molecular complexity index is 328. The first-order valence-corrected chi connectivity index (χ1v) is 5.48. The first kappa shape index (κ1) is 10.4. The van der Waals surface area contributed by atoms with Crippen LogP contribution in [0.5, 0.6) is 0 Å². The van der Waals surface area contributed by atoms with Gasteiger partial charge in [0.25, 0.3) is 0 Å². The van der Waals surface area contributed by atoms with Crippen LogP contribution in [0, 0.1) is 5.92 Å². The van der Waals surface area contributed by atoms with Crippen molar-refractivity contribution in [3.05, 3.63) is 35.9 Å². The van der Waals surface area contributed by atoms with Gasteiger partial charge in [-0.2, -0.15) is 0 Å². The molecule has 2 nitrogen and oxygen atoms in total. The number of hydrogen-bond donors (Lipinski definition) is 0. The Morgan fingerprint density at radius 1 is 1.40 bits per heavy atom. The fourth-order valence-electron chi connectivity index (χ4n) is 1.48. The maximum absolute atomic E-state index is 11.9. The molecule has 0 spiro atoms. The number of carbonyl (C=O) groups is 1. The summed E-state index contributed by atoms with van der Waals surface area (Å²) in [5, 5.41) is 0. The van der Waals surface area contributed by atoms with Crippen molar-refractivity contribution in [3.63, 3.8) is 0 Å². The average Bonchev–Trinajstić information content (AvgIpc) is 3.10. The summed E-state index contributed by atoms with van der Waals surface area (Å²) in [5.74, 6) is 0.785. The van der Waals surface area contributed by atoms with Crippen molar-refractivity contribution in [1.29, 1.82) is 0 Å². The lowest BCUT2D eigenvalue weighted by Gasteiger charge is -2.11. The van der Waals surface area contributed by atoms with Crippen molar-refractivity contribution in [2.24, 2.45) is 5.92 Å². The molecule has 2 heteroatoms. The van der Waals surface area contributed by atoms with Crippen LogP contribution in [0.4, 0.5) is 0 Å². The van der Waals surface area contributed by atoms with Crippen LogP contribution in [0.25, 0.3) is 0 Å². The van der Waals surface area contributed by atoms with Crippen LogP contribution in [0.1, 0.15) is 30.1 Å². The molecule has 0 aromatic heterocycles. The Morgan fingerprint density at radius 2 is 2.07 bits per heavy atom. The summed E-state index contributed by atoms with van der Waals surface area (Å²) >= 11 is 0. The first-order valence-electron chi connectivity index (χ1n) is 5.48. The van der Waals surface area contributed by atoms with Crippen molar-refractivity contribution in [2.45, 2.75) is 25.9 Å². The van der Waals surface area contributed by atoms with Crippen LogP contribution in [0.3, 0.4) is 0 Å². The van der Waals surface area contributed by atoms with Gasteiger partial charge in [0, 0.05) is 5.56 Å². The van der Waals surface area contributed by atoms with E-state index in [9.17, 15) is 4.79 Å². The normalized spacial score (nSPS) is 17.4. The molecule has 0 N–H and O–H groups in total. The summed E-state index contributed by atoms with van der Waals surface area (Å²) in [7, 11) is 0. The minimum Gasteiger partial charge on any atom is -0.370 e. The van der Waals surface area contributed by atoms with Crippen molar-refractivity contribution < 1.29 is 9.53 Å². The van der Waals surface area contributed by atoms with Gasteiger partial charge >= 0.3 is 0 Å². The molecule has 1 aromatic rings. The van der Waals surface area contributed by atoms with E-state index in [1.807, 2.05) is 37.3 Å². The molecule has 80 valence electrons. The molecule has 1 fully saturated rings. The maximum Gasteiger partial charge on any atom is 0.191 e. The molecule has 1 unspecified atom stereocenters. The third-order valence-corrected chi connectivity index (χ3v) is 2.71. The molecule has 2 rings (SSSR count). The number of ether oxygens (including phenoxy) is 1. The average molecular weight is 204 g/mol. The Morgan fingerprint density at radius 3 is 2.67 bits per heavy atom. The van der Waals surface area contributed by atoms with E-state index in [0.717, 1.165) is 12.2 Å². The molecule has 1 aliphatic carbocycles.